The van der Waals surface area contributed by atoms with E-state index in [9.17, 15) is 9.32 Å². The largest absolute Gasteiger partial charge is 0.506 e. The molecule has 0 bridgehead atoms. The number of aromatic amines is 1. The van der Waals surface area contributed by atoms with E-state index in [4.69, 9.17) is 4.55 Å². The molecule has 0 aliphatic heterocycles. The molecule has 0 radical (unpaired) electrons. The van der Waals surface area contributed by atoms with Crippen LogP contribution in [-0.2, 0) is 11.1 Å². The summed E-state index contributed by atoms with van der Waals surface area (Å²) >= 11 is -2.07. The third kappa shape index (κ3) is 1.22. The highest BCUT2D eigenvalue weighted by Gasteiger charge is 2.10. The predicted octanol–water partition coefficient (Wildman–Crippen LogP) is 1.45. The molecule has 0 aliphatic rings. The van der Waals surface area contributed by atoms with Gasteiger partial charge in [-0.15, -0.1) is 0 Å². The summed E-state index contributed by atoms with van der Waals surface area (Å²) < 4.78 is 19.8. The van der Waals surface area contributed by atoms with E-state index in [1.165, 1.54) is 12.3 Å². The van der Waals surface area contributed by atoms with Gasteiger partial charge in [-0.2, -0.15) is 0 Å². The molecule has 0 saturated heterocycles. The number of hydrogen-bond donors (Lipinski definition) is 3. The second kappa shape index (κ2) is 2.86. The Balaban J connectivity index is 2.88. The van der Waals surface area contributed by atoms with E-state index in [2.05, 4.69) is 4.98 Å². The summed E-state index contributed by atoms with van der Waals surface area (Å²) in [6.45, 7) is 0. The van der Waals surface area contributed by atoms with E-state index in [0.717, 1.165) is 0 Å². The average Bonchev–Trinajstić information content (AvgIpc) is 2.48. The maximum atomic E-state index is 10.9. The fraction of sp³-hybridized carbons (Fsp3) is 0. The Labute approximate surface area is 76.5 Å². The summed E-state index contributed by atoms with van der Waals surface area (Å²) in [5.74, 6) is -0.00648. The minimum Gasteiger partial charge on any atom is -0.506 e. The van der Waals surface area contributed by atoms with E-state index in [1.807, 2.05) is 0 Å². The van der Waals surface area contributed by atoms with Crippen LogP contribution in [0.25, 0.3) is 10.9 Å². The molecule has 1 heterocycles. The van der Waals surface area contributed by atoms with Crippen LogP contribution in [-0.4, -0.2) is 18.9 Å². The minimum absolute atomic E-state index is 0.00648. The number of nitrogens with one attached hydrogen (secondary N) is 1. The zero-order valence-corrected chi connectivity index (χ0v) is 7.34. The first kappa shape index (κ1) is 8.28. The molecule has 2 rings (SSSR count). The molecule has 2 aromatic rings. The Kier molecular flexibility index (Phi) is 1.82. The van der Waals surface area contributed by atoms with E-state index in [0.29, 0.717) is 10.9 Å². The zero-order valence-electron chi connectivity index (χ0n) is 6.52. The topological polar surface area (TPSA) is 73.3 Å². The molecule has 0 aliphatic carbocycles. The molecule has 5 heteroatoms. The number of rotatable bonds is 1. The number of benzene rings is 1. The van der Waals surface area contributed by atoms with Gasteiger partial charge in [-0.05, 0) is 12.1 Å². The number of aromatic hydroxyl groups is 1. The molecular formula is C8H7NO3S. The van der Waals surface area contributed by atoms with Crippen molar-refractivity contribution in [2.75, 3.05) is 0 Å². The van der Waals surface area contributed by atoms with E-state index in [-0.39, 0.29) is 10.6 Å². The third-order valence-corrected chi connectivity index (χ3v) is 2.55. The van der Waals surface area contributed by atoms with Crippen molar-refractivity contribution in [1.29, 1.82) is 0 Å². The number of hydrogen-bond acceptors (Lipinski definition) is 2. The van der Waals surface area contributed by atoms with Gasteiger partial charge in [0.2, 0.25) is 0 Å². The van der Waals surface area contributed by atoms with Gasteiger partial charge in [0, 0.05) is 6.20 Å². The molecule has 0 amide bonds. The van der Waals surface area contributed by atoms with Crippen LogP contribution in [0.15, 0.2) is 29.3 Å². The first-order valence-corrected chi connectivity index (χ1v) is 4.71. The SMILES string of the molecule is O=S(O)c1cccc2[nH]cc(O)c12. The summed E-state index contributed by atoms with van der Waals surface area (Å²) in [5, 5.41) is 9.77. The maximum Gasteiger partial charge on any atom is 0.187 e. The second-order valence-corrected chi connectivity index (χ2v) is 3.54. The molecule has 68 valence electrons. The van der Waals surface area contributed by atoms with Crippen molar-refractivity contribution in [2.24, 2.45) is 0 Å². The van der Waals surface area contributed by atoms with Crippen LogP contribution in [0.2, 0.25) is 0 Å². The van der Waals surface area contributed by atoms with Gasteiger partial charge in [-0.3, -0.25) is 0 Å². The lowest BCUT2D eigenvalue weighted by Gasteiger charge is -1.97. The smallest absolute Gasteiger partial charge is 0.187 e. The highest BCUT2D eigenvalue weighted by atomic mass is 32.2. The van der Waals surface area contributed by atoms with Gasteiger partial charge in [-0.1, -0.05) is 6.07 Å². The first-order valence-electron chi connectivity index (χ1n) is 3.60. The molecule has 0 fully saturated rings. The normalized spacial score (nSPS) is 13.3. The van der Waals surface area contributed by atoms with Gasteiger partial charge in [0.1, 0.15) is 5.75 Å². The molecule has 4 nitrogen and oxygen atoms in total. The summed E-state index contributed by atoms with van der Waals surface area (Å²) in [5.41, 5.74) is 0.650. The number of fused-ring (bicyclic) bond motifs is 1. The highest BCUT2D eigenvalue weighted by Crippen LogP contribution is 2.28. The van der Waals surface area contributed by atoms with E-state index < -0.39 is 11.1 Å². The molecule has 1 aromatic heterocycles. The Hall–Kier alpha value is -1.33. The Bertz CT molecular complexity index is 477. The van der Waals surface area contributed by atoms with Gasteiger partial charge in [0.25, 0.3) is 0 Å². The van der Waals surface area contributed by atoms with Gasteiger partial charge < -0.3 is 14.6 Å². The summed E-state index contributed by atoms with van der Waals surface area (Å²) in [7, 11) is 0. The van der Waals surface area contributed by atoms with Gasteiger partial charge in [-0.25, -0.2) is 4.21 Å². The summed E-state index contributed by atoms with van der Waals surface area (Å²) in [4.78, 5) is 3.01. The van der Waals surface area contributed by atoms with Crippen molar-refractivity contribution in [3.05, 3.63) is 24.4 Å². The molecule has 1 atom stereocenters. The second-order valence-electron chi connectivity index (χ2n) is 2.60. The number of aromatic nitrogens is 1. The van der Waals surface area contributed by atoms with Crippen molar-refractivity contribution in [3.63, 3.8) is 0 Å². The predicted molar refractivity (Wildman–Crippen MR) is 49.0 cm³/mol. The Morgan fingerprint density at radius 1 is 1.38 bits per heavy atom. The molecule has 1 aromatic carbocycles. The quantitative estimate of drug-likeness (QED) is 0.606. The van der Waals surface area contributed by atoms with Crippen molar-refractivity contribution in [1.82, 2.24) is 4.98 Å². The fourth-order valence-electron chi connectivity index (χ4n) is 1.28. The summed E-state index contributed by atoms with van der Waals surface area (Å²) in [6, 6.07) is 4.89. The molecule has 1 unspecified atom stereocenters. The fourth-order valence-corrected chi connectivity index (χ4v) is 1.86. The van der Waals surface area contributed by atoms with Crippen LogP contribution in [0.3, 0.4) is 0 Å². The van der Waals surface area contributed by atoms with Gasteiger partial charge in [0.15, 0.2) is 11.1 Å². The van der Waals surface area contributed by atoms with Crippen LogP contribution in [0.1, 0.15) is 0 Å². The van der Waals surface area contributed by atoms with Crippen LogP contribution in [0.4, 0.5) is 0 Å². The molecule has 13 heavy (non-hydrogen) atoms. The molecule has 3 N–H and O–H groups in total. The van der Waals surface area contributed by atoms with Gasteiger partial charge in [0.05, 0.1) is 15.8 Å². The highest BCUT2D eigenvalue weighted by molar-refractivity contribution is 7.79. The zero-order chi connectivity index (χ0) is 9.42. The van der Waals surface area contributed by atoms with Crippen molar-refractivity contribution < 1.29 is 13.9 Å². The lowest BCUT2D eigenvalue weighted by atomic mass is 10.2. The average molecular weight is 197 g/mol. The minimum atomic E-state index is -2.07. The first-order chi connectivity index (χ1) is 6.20. The standard InChI is InChI=1S/C8H7NO3S/c10-6-4-9-5-2-1-3-7(8(5)6)13(11)12/h1-4,9-10H,(H,11,12). The Morgan fingerprint density at radius 2 is 2.15 bits per heavy atom. The van der Waals surface area contributed by atoms with Crippen LogP contribution < -0.4 is 0 Å². The molecular weight excluding hydrogens is 190 g/mol. The van der Waals surface area contributed by atoms with E-state index in [1.54, 1.807) is 12.1 Å². The van der Waals surface area contributed by atoms with Crippen molar-refractivity contribution >= 4 is 22.0 Å². The lowest BCUT2D eigenvalue weighted by molar-refractivity contribution is 0.480. The van der Waals surface area contributed by atoms with Crippen LogP contribution in [0, 0.1) is 0 Å². The van der Waals surface area contributed by atoms with E-state index >= 15 is 0 Å². The molecule has 0 spiro atoms. The van der Waals surface area contributed by atoms with Gasteiger partial charge >= 0.3 is 0 Å². The maximum absolute atomic E-state index is 10.9. The third-order valence-electron chi connectivity index (χ3n) is 1.83. The monoisotopic (exact) mass is 197 g/mol. The van der Waals surface area contributed by atoms with Crippen molar-refractivity contribution in [2.45, 2.75) is 4.90 Å². The number of H-pyrrole nitrogens is 1. The van der Waals surface area contributed by atoms with Crippen molar-refractivity contribution in [3.8, 4) is 5.75 Å². The van der Waals surface area contributed by atoms with Crippen LogP contribution in [0.5, 0.6) is 5.75 Å². The lowest BCUT2D eigenvalue weighted by Crippen LogP contribution is -1.88. The molecule has 0 saturated carbocycles. The van der Waals surface area contributed by atoms with Crippen LogP contribution >= 0.6 is 0 Å². The Morgan fingerprint density at radius 3 is 2.85 bits per heavy atom. The summed E-state index contributed by atoms with van der Waals surface area (Å²) in [6.07, 6.45) is 1.39.